The van der Waals surface area contributed by atoms with Gasteiger partial charge in [0.2, 0.25) is 5.91 Å². The first-order valence-electron chi connectivity index (χ1n) is 8.17. The molecule has 0 N–H and O–H groups in total. The molecule has 1 unspecified atom stereocenters. The molecule has 0 spiro atoms. The van der Waals surface area contributed by atoms with E-state index in [1.807, 2.05) is 0 Å². The molecule has 1 aliphatic rings. The summed E-state index contributed by atoms with van der Waals surface area (Å²) >= 11 is 11.8. The number of hydrogen-bond donors (Lipinski definition) is 0. The second-order valence-electron chi connectivity index (χ2n) is 6.40. The van der Waals surface area contributed by atoms with E-state index in [-0.39, 0.29) is 33.3 Å². The van der Waals surface area contributed by atoms with E-state index in [1.54, 1.807) is 0 Å². The molecule has 146 valence electrons. The molecule has 3 rings (SSSR count). The predicted molar refractivity (Wildman–Crippen MR) is 99.3 cm³/mol. The van der Waals surface area contributed by atoms with Gasteiger partial charge in [-0.15, -0.1) is 0 Å². The van der Waals surface area contributed by atoms with E-state index in [2.05, 4.69) is 0 Å². The highest BCUT2D eigenvalue weighted by Crippen LogP contribution is 2.32. The SMILES string of the molecule is CC(C(=O)N(C)Cc1ccc(F)cc1F)N1C(=O)c2cc(Cl)c(Cl)cc2C1=O. The standard InChI is InChI=1S/C19H14Cl2F2N2O3/c1-9(17(26)24(2)8-10-3-4-11(22)5-16(10)23)25-18(27)12-6-14(20)15(21)7-13(12)19(25)28/h3-7,9H,8H2,1-2H3. The number of benzene rings is 2. The van der Waals surface area contributed by atoms with Crippen LogP contribution in [0.4, 0.5) is 8.78 Å². The Morgan fingerprint density at radius 3 is 2.11 bits per heavy atom. The quantitative estimate of drug-likeness (QED) is 0.696. The summed E-state index contributed by atoms with van der Waals surface area (Å²) in [7, 11) is 1.40. The molecule has 9 heteroatoms. The van der Waals surface area contributed by atoms with Crippen LogP contribution < -0.4 is 0 Å². The van der Waals surface area contributed by atoms with E-state index in [4.69, 9.17) is 23.2 Å². The van der Waals surface area contributed by atoms with E-state index in [0.717, 1.165) is 15.9 Å². The molecule has 0 aliphatic carbocycles. The van der Waals surface area contributed by atoms with E-state index in [0.29, 0.717) is 6.07 Å². The normalized spacial score (nSPS) is 14.3. The average molecular weight is 427 g/mol. The van der Waals surface area contributed by atoms with Gasteiger partial charge in [0.05, 0.1) is 21.2 Å². The van der Waals surface area contributed by atoms with Crippen LogP contribution in [-0.2, 0) is 11.3 Å². The molecule has 1 atom stereocenters. The second kappa shape index (κ2) is 7.48. The van der Waals surface area contributed by atoms with Crippen LogP contribution in [0, 0.1) is 11.6 Å². The molecule has 0 fully saturated rings. The lowest BCUT2D eigenvalue weighted by molar-refractivity contribution is -0.134. The molecule has 3 amide bonds. The Balaban J connectivity index is 1.81. The summed E-state index contributed by atoms with van der Waals surface area (Å²) in [6, 6.07) is 4.46. The summed E-state index contributed by atoms with van der Waals surface area (Å²) in [5, 5.41) is 0.234. The molecule has 0 saturated heterocycles. The van der Waals surface area contributed by atoms with Crippen molar-refractivity contribution >= 4 is 40.9 Å². The molecule has 5 nitrogen and oxygen atoms in total. The van der Waals surface area contributed by atoms with Crippen LogP contribution in [0.2, 0.25) is 10.0 Å². The van der Waals surface area contributed by atoms with Crippen molar-refractivity contribution in [2.45, 2.75) is 19.5 Å². The number of rotatable bonds is 4. The number of amides is 3. The van der Waals surface area contributed by atoms with Crippen LogP contribution in [0.3, 0.4) is 0 Å². The van der Waals surface area contributed by atoms with Gasteiger partial charge >= 0.3 is 0 Å². The highest BCUT2D eigenvalue weighted by atomic mass is 35.5. The van der Waals surface area contributed by atoms with Gasteiger partial charge in [-0.3, -0.25) is 19.3 Å². The lowest BCUT2D eigenvalue weighted by Gasteiger charge is -2.27. The fourth-order valence-corrected chi connectivity index (χ4v) is 3.34. The zero-order valence-corrected chi connectivity index (χ0v) is 16.3. The largest absolute Gasteiger partial charge is 0.340 e. The van der Waals surface area contributed by atoms with E-state index < -0.39 is 35.4 Å². The molecule has 0 saturated carbocycles. The average Bonchev–Trinajstić information content (AvgIpc) is 2.87. The molecule has 1 aliphatic heterocycles. The summed E-state index contributed by atoms with van der Waals surface area (Å²) in [5.41, 5.74) is 0.225. The van der Waals surface area contributed by atoms with Crippen LogP contribution >= 0.6 is 23.2 Å². The lowest BCUT2D eigenvalue weighted by atomic mass is 10.1. The van der Waals surface area contributed by atoms with E-state index in [9.17, 15) is 23.2 Å². The first-order valence-corrected chi connectivity index (χ1v) is 8.93. The van der Waals surface area contributed by atoms with E-state index >= 15 is 0 Å². The van der Waals surface area contributed by atoms with Gasteiger partial charge in [-0.05, 0) is 25.1 Å². The first kappa shape index (κ1) is 20.2. The Labute approximate surface area is 169 Å². The Morgan fingerprint density at radius 1 is 1.07 bits per heavy atom. The number of nitrogens with zero attached hydrogens (tertiary/aromatic N) is 2. The number of imide groups is 1. The van der Waals surface area contributed by atoms with Crippen molar-refractivity contribution in [3.63, 3.8) is 0 Å². The van der Waals surface area contributed by atoms with Crippen molar-refractivity contribution in [3.8, 4) is 0 Å². The fourth-order valence-electron chi connectivity index (χ4n) is 3.02. The Hall–Kier alpha value is -2.51. The van der Waals surface area contributed by atoms with Crippen molar-refractivity contribution in [1.82, 2.24) is 9.80 Å². The van der Waals surface area contributed by atoms with Crippen molar-refractivity contribution in [3.05, 3.63) is 68.7 Å². The molecule has 2 aromatic carbocycles. The van der Waals surface area contributed by atoms with Crippen LogP contribution in [0.15, 0.2) is 30.3 Å². The van der Waals surface area contributed by atoms with E-state index in [1.165, 1.54) is 32.2 Å². The van der Waals surface area contributed by atoms with Crippen molar-refractivity contribution < 1.29 is 23.2 Å². The van der Waals surface area contributed by atoms with Crippen LogP contribution in [0.5, 0.6) is 0 Å². The zero-order valence-electron chi connectivity index (χ0n) is 14.8. The minimum absolute atomic E-state index is 0.0614. The third-order valence-corrected chi connectivity index (χ3v) is 5.22. The summed E-state index contributed by atoms with van der Waals surface area (Å²) in [6.45, 7) is 1.24. The van der Waals surface area contributed by atoms with Gasteiger partial charge in [0.25, 0.3) is 11.8 Å². The summed E-state index contributed by atoms with van der Waals surface area (Å²) in [6.07, 6.45) is 0. The van der Waals surface area contributed by atoms with Crippen LogP contribution in [-0.4, -0.2) is 40.6 Å². The van der Waals surface area contributed by atoms with Gasteiger partial charge in [-0.25, -0.2) is 8.78 Å². The smallest absolute Gasteiger partial charge is 0.262 e. The topological polar surface area (TPSA) is 57.7 Å². The Bertz CT molecular complexity index is 972. The second-order valence-corrected chi connectivity index (χ2v) is 7.21. The first-order chi connectivity index (χ1) is 13.1. The third kappa shape index (κ3) is 3.47. The number of likely N-dealkylation sites (N-methyl/N-ethyl adjacent to an activating group) is 1. The van der Waals surface area contributed by atoms with Gasteiger partial charge in [0.1, 0.15) is 17.7 Å². The minimum atomic E-state index is -1.14. The highest BCUT2D eigenvalue weighted by Gasteiger charge is 2.42. The highest BCUT2D eigenvalue weighted by molar-refractivity contribution is 6.43. The van der Waals surface area contributed by atoms with Crippen LogP contribution in [0.25, 0.3) is 0 Å². The number of fused-ring (bicyclic) bond motifs is 1. The molecule has 28 heavy (non-hydrogen) atoms. The molecule has 0 radical (unpaired) electrons. The minimum Gasteiger partial charge on any atom is -0.340 e. The number of halogens is 4. The maximum absolute atomic E-state index is 13.8. The third-order valence-electron chi connectivity index (χ3n) is 4.50. The van der Waals surface area contributed by atoms with Gasteiger partial charge in [-0.1, -0.05) is 29.3 Å². The zero-order chi connectivity index (χ0) is 20.7. The summed E-state index contributed by atoms with van der Waals surface area (Å²) < 4.78 is 26.9. The van der Waals surface area contributed by atoms with Gasteiger partial charge in [-0.2, -0.15) is 0 Å². The Morgan fingerprint density at radius 2 is 1.61 bits per heavy atom. The molecule has 2 aromatic rings. The van der Waals surface area contributed by atoms with Crippen molar-refractivity contribution in [2.24, 2.45) is 0 Å². The van der Waals surface area contributed by atoms with Gasteiger partial charge in [0.15, 0.2) is 0 Å². The number of carbonyl (C=O) groups is 3. The fraction of sp³-hybridized carbons (Fsp3) is 0.211. The van der Waals surface area contributed by atoms with Crippen molar-refractivity contribution in [1.29, 1.82) is 0 Å². The maximum Gasteiger partial charge on any atom is 0.262 e. The molecular formula is C19H14Cl2F2N2O3. The van der Waals surface area contributed by atoms with Gasteiger partial charge in [0, 0.05) is 25.2 Å². The maximum atomic E-state index is 13.8. The van der Waals surface area contributed by atoms with Crippen LogP contribution in [0.1, 0.15) is 33.2 Å². The number of hydrogen-bond acceptors (Lipinski definition) is 3. The number of carbonyl (C=O) groups excluding carboxylic acids is 3. The summed E-state index contributed by atoms with van der Waals surface area (Å²) in [5.74, 6) is -3.44. The molecular weight excluding hydrogens is 413 g/mol. The molecule has 1 heterocycles. The lowest BCUT2D eigenvalue weighted by Crippen LogP contribution is -2.48. The monoisotopic (exact) mass is 426 g/mol. The Kier molecular flexibility index (Phi) is 5.41. The van der Waals surface area contributed by atoms with Crippen molar-refractivity contribution in [2.75, 3.05) is 7.05 Å². The molecule has 0 aromatic heterocycles. The summed E-state index contributed by atoms with van der Waals surface area (Å²) in [4.78, 5) is 39.9. The predicted octanol–water partition coefficient (Wildman–Crippen LogP) is 3.91. The van der Waals surface area contributed by atoms with Gasteiger partial charge < -0.3 is 4.90 Å². The molecule has 0 bridgehead atoms.